The SMILES string of the molecule is CCOC(C)(C)Cn1c(N)nc2ccc(OC)nc21. The number of aromatic nitrogens is 3. The minimum absolute atomic E-state index is 0.332. The Hall–Kier alpha value is -1.82. The number of anilines is 1. The molecule has 0 aliphatic heterocycles. The van der Waals surface area contributed by atoms with E-state index >= 15 is 0 Å². The fraction of sp³-hybridized carbons (Fsp3) is 0.538. The molecule has 0 spiro atoms. The van der Waals surface area contributed by atoms with Crippen molar-refractivity contribution >= 4 is 17.1 Å². The molecule has 2 aromatic heterocycles. The number of nitrogen functional groups attached to an aromatic ring is 1. The van der Waals surface area contributed by atoms with Gasteiger partial charge in [-0.3, -0.25) is 4.57 Å². The highest BCUT2D eigenvalue weighted by atomic mass is 16.5. The van der Waals surface area contributed by atoms with Crippen molar-refractivity contribution in [3.05, 3.63) is 12.1 Å². The van der Waals surface area contributed by atoms with Crippen molar-refractivity contribution in [1.82, 2.24) is 14.5 Å². The van der Waals surface area contributed by atoms with Gasteiger partial charge in [0.25, 0.3) is 0 Å². The van der Waals surface area contributed by atoms with E-state index < -0.39 is 0 Å². The minimum atomic E-state index is -0.332. The second-order valence-electron chi connectivity index (χ2n) is 4.95. The molecule has 0 bridgehead atoms. The molecule has 2 heterocycles. The molecule has 2 rings (SSSR count). The molecule has 0 amide bonds. The molecular formula is C13H20N4O2. The first kappa shape index (κ1) is 13.6. The van der Waals surface area contributed by atoms with Crippen LogP contribution in [0.1, 0.15) is 20.8 Å². The molecule has 0 saturated carbocycles. The summed E-state index contributed by atoms with van der Waals surface area (Å²) in [5, 5.41) is 0. The zero-order chi connectivity index (χ0) is 14.0. The molecule has 19 heavy (non-hydrogen) atoms. The third kappa shape index (κ3) is 2.78. The summed E-state index contributed by atoms with van der Waals surface area (Å²) >= 11 is 0. The Bertz CT molecular complexity index is 577. The van der Waals surface area contributed by atoms with Crippen LogP contribution in [0.4, 0.5) is 5.95 Å². The number of nitrogens with two attached hydrogens (primary N) is 1. The highest BCUT2D eigenvalue weighted by Crippen LogP contribution is 2.22. The van der Waals surface area contributed by atoms with Crippen molar-refractivity contribution in [3.8, 4) is 5.88 Å². The molecular weight excluding hydrogens is 244 g/mol. The van der Waals surface area contributed by atoms with Crippen LogP contribution in [0.5, 0.6) is 5.88 Å². The van der Waals surface area contributed by atoms with Crippen LogP contribution in [0.2, 0.25) is 0 Å². The van der Waals surface area contributed by atoms with Crippen LogP contribution in [-0.4, -0.2) is 33.9 Å². The average Bonchev–Trinajstić information content (AvgIpc) is 2.65. The van der Waals surface area contributed by atoms with E-state index in [9.17, 15) is 0 Å². The summed E-state index contributed by atoms with van der Waals surface area (Å²) in [5.74, 6) is 0.978. The second kappa shape index (κ2) is 5.05. The highest BCUT2D eigenvalue weighted by Gasteiger charge is 2.22. The molecule has 0 fully saturated rings. The first-order valence-corrected chi connectivity index (χ1v) is 6.27. The highest BCUT2D eigenvalue weighted by molar-refractivity contribution is 5.74. The quantitative estimate of drug-likeness (QED) is 0.891. The maximum absolute atomic E-state index is 5.96. The van der Waals surface area contributed by atoms with Gasteiger partial charge in [0.05, 0.1) is 19.3 Å². The van der Waals surface area contributed by atoms with Gasteiger partial charge >= 0.3 is 0 Å². The maximum atomic E-state index is 5.96. The van der Waals surface area contributed by atoms with E-state index in [-0.39, 0.29) is 5.60 Å². The predicted octanol–water partition coefficient (Wildman–Crippen LogP) is 1.84. The van der Waals surface area contributed by atoms with Crippen LogP contribution in [0.3, 0.4) is 0 Å². The van der Waals surface area contributed by atoms with Crippen molar-refractivity contribution in [2.75, 3.05) is 19.5 Å². The summed E-state index contributed by atoms with van der Waals surface area (Å²) in [6.45, 7) is 7.24. The van der Waals surface area contributed by atoms with Crippen LogP contribution >= 0.6 is 0 Å². The van der Waals surface area contributed by atoms with Crippen molar-refractivity contribution in [2.24, 2.45) is 0 Å². The third-order valence-electron chi connectivity index (χ3n) is 2.88. The van der Waals surface area contributed by atoms with Gasteiger partial charge in [-0.05, 0) is 26.8 Å². The van der Waals surface area contributed by atoms with Crippen molar-refractivity contribution < 1.29 is 9.47 Å². The van der Waals surface area contributed by atoms with Gasteiger partial charge in [0.15, 0.2) is 5.65 Å². The first-order valence-electron chi connectivity index (χ1n) is 6.27. The molecule has 0 aromatic carbocycles. The maximum Gasteiger partial charge on any atom is 0.215 e. The standard InChI is InChI=1S/C13H20N4O2/c1-5-19-13(2,3)8-17-11-9(15-12(17)14)6-7-10(16-11)18-4/h6-7H,5,8H2,1-4H3,(H2,14,15). The Morgan fingerprint density at radius 2 is 2.05 bits per heavy atom. The van der Waals surface area contributed by atoms with E-state index in [0.717, 1.165) is 5.52 Å². The van der Waals surface area contributed by atoms with Gasteiger partial charge in [-0.2, -0.15) is 4.98 Å². The summed E-state index contributed by atoms with van der Waals surface area (Å²) in [4.78, 5) is 8.70. The lowest BCUT2D eigenvalue weighted by Gasteiger charge is -2.25. The van der Waals surface area contributed by atoms with Crippen LogP contribution in [0.15, 0.2) is 12.1 Å². The van der Waals surface area contributed by atoms with E-state index in [1.54, 1.807) is 13.2 Å². The van der Waals surface area contributed by atoms with E-state index in [0.29, 0.717) is 30.6 Å². The molecule has 0 aliphatic carbocycles. The van der Waals surface area contributed by atoms with Crippen molar-refractivity contribution in [2.45, 2.75) is 32.9 Å². The van der Waals surface area contributed by atoms with E-state index in [1.807, 2.05) is 31.4 Å². The Kier molecular flexibility index (Phi) is 3.61. The third-order valence-corrected chi connectivity index (χ3v) is 2.88. The Morgan fingerprint density at radius 1 is 1.32 bits per heavy atom. The normalized spacial score (nSPS) is 12.0. The summed E-state index contributed by atoms with van der Waals surface area (Å²) in [6.07, 6.45) is 0. The Morgan fingerprint density at radius 3 is 2.68 bits per heavy atom. The largest absolute Gasteiger partial charge is 0.481 e. The zero-order valence-electron chi connectivity index (χ0n) is 11.8. The summed E-state index contributed by atoms with van der Waals surface area (Å²) in [7, 11) is 1.59. The number of nitrogens with zero attached hydrogens (tertiary/aromatic N) is 3. The molecule has 104 valence electrons. The molecule has 0 atom stereocenters. The lowest BCUT2D eigenvalue weighted by atomic mass is 10.1. The minimum Gasteiger partial charge on any atom is -0.481 e. The van der Waals surface area contributed by atoms with Crippen LogP contribution in [0.25, 0.3) is 11.2 Å². The molecule has 0 saturated heterocycles. The lowest BCUT2D eigenvalue weighted by molar-refractivity contribution is -0.0213. The first-order chi connectivity index (χ1) is 8.96. The molecule has 2 aromatic rings. The number of methoxy groups -OCH3 is 1. The number of hydrogen-bond acceptors (Lipinski definition) is 5. The van der Waals surface area contributed by atoms with Gasteiger partial charge in [-0.25, -0.2) is 4.98 Å². The van der Waals surface area contributed by atoms with Gasteiger partial charge in [0.2, 0.25) is 11.8 Å². The lowest BCUT2D eigenvalue weighted by Crippen LogP contribution is -2.31. The van der Waals surface area contributed by atoms with Gasteiger partial charge in [0, 0.05) is 12.7 Å². The van der Waals surface area contributed by atoms with Crippen LogP contribution in [-0.2, 0) is 11.3 Å². The molecule has 6 heteroatoms. The Balaban J connectivity index is 2.44. The summed E-state index contributed by atoms with van der Waals surface area (Å²) in [5.41, 5.74) is 7.10. The number of imidazole rings is 1. The van der Waals surface area contributed by atoms with E-state index in [2.05, 4.69) is 9.97 Å². The number of rotatable bonds is 5. The van der Waals surface area contributed by atoms with Gasteiger partial charge in [-0.1, -0.05) is 0 Å². The summed E-state index contributed by atoms with van der Waals surface area (Å²) < 4.78 is 12.7. The fourth-order valence-electron chi connectivity index (χ4n) is 2.09. The van der Waals surface area contributed by atoms with Crippen molar-refractivity contribution in [1.29, 1.82) is 0 Å². The van der Waals surface area contributed by atoms with E-state index in [1.165, 1.54) is 0 Å². The van der Waals surface area contributed by atoms with E-state index in [4.69, 9.17) is 15.2 Å². The summed E-state index contributed by atoms with van der Waals surface area (Å²) in [6, 6.07) is 3.62. The number of hydrogen-bond donors (Lipinski definition) is 1. The smallest absolute Gasteiger partial charge is 0.215 e. The average molecular weight is 264 g/mol. The monoisotopic (exact) mass is 264 g/mol. The molecule has 2 N–H and O–H groups in total. The van der Waals surface area contributed by atoms with Gasteiger partial charge in [-0.15, -0.1) is 0 Å². The van der Waals surface area contributed by atoms with Gasteiger partial charge in [0.1, 0.15) is 5.52 Å². The molecule has 6 nitrogen and oxygen atoms in total. The number of ether oxygens (including phenoxy) is 2. The zero-order valence-corrected chi connectivity index (χ0v) is 11.8. The van der Waals surface area contributed by atoms with Crippen molar-refractivity contribution in [3.63, 3.8) is 0 Å². The fourth-order valence-corrected chi connectivity index (χ4v) is 2.09. The molecule has 0 aliphatic rings. The number of fused-ring (bicyclic) bond motifs is 1. The van der Waals surface area contributed by atoms with Crippen LogP contribution < -0.4 is 10.5 Å². The van der Waals surface area contributed by atoms with Gasteiger partial charge < -0.3 is 15.2 Å². The Labute approximate surface area is 112 Å². The molecule has 0 radical (unpaired) electrons. The number of pyridine rings is 1. The molecule has 0 unspecified atom stereocenters. The predicted molar refractivity (Wildman–Crippen MR) is 74.2 cm³/mol. The second-order valence-corrected chi connectivity index (χ2v) is 4.95. The topological polar surface area (TPSA) is 75.2 Å². The van der Waals surface area contributed by atoms with Crippen LogP contribution in [0, 0.1) is 0 Å².